The number of carbonyl (C=O) groups excluding carboxylic acids is 1. The van der Waals surface area contributed by atoms with E-state index in [9.17, 15) is 9.59 Å². The molecule has 1 heterocycles. The minimum Gasteiger partial charge on any atom is -0.383 e. The SMILES string of the molecule is COCCN(C(=O)c1ccc(C(C)(C)C)cc1)C(C)c1nc2ccccc2c(=O)n1-c1ccc(Cl)cc1. The van der Waals surface area contributed by atoms with Crippen LogP contribution in [0.4, 0.5) is 0 Å². The van der Waals surface area contributed by atoms with Crippen LogP contribution in [0.25, 0.3) is 16.6 Å². The highest BCUT2D eigenvalue weighted by Gasteiger charge is 2.28. The Kier molecular flexibility index (Phi) is 7.81. The Balaban J connectivity index is 1.84. The van der Waals surface area contributed by atoms with Gasteiger partial charge >= 0.3 is 0 Å². The average molecular weight is 518 g/mol. The number of aromatic nitrogens is 2. The summed E-state index contributed by atoms with van der Waals surface area (Å²) < 4.78 is 6.90. The Morgan fingerprint density at radius 2 is 1.68 bits per heavy atom. The number of fused-ring (bicyclic) bond motifs is 1. The van der Waals surface area contributed by atoms with Crippen molar-refractivity contribution >= 4 is 28.4 Å². The molecule has 7 heteroatoms. The number of carbonyl (C=O) groups is 1. The summed E-state index contributed by atoms with van der Waals surface area (Å²) in [7, 11) is 1.60. The lowest BCUT2D eigenvalue weighted by molar-refractivity contribution is 0.0605. The van der Waals surface area contributed by atoms with E-state index < -0.39 is 6.04 Å². The number of benzene rings is 3. The summed E-state index contributed by atoms with van der Waals surface area (Å²) in [6.45, 7) is 8.98. The molecule has 6 nitrogen and oxygen atoms in total. The summed E-state index contributed by atoms with van der Waals surface area (Å²) in [5.41, 5.74) is 2.69. The van der Waals surface area contributed by atoms with Crippen molar-refractivity contribution in [1.29, 1.82) is 0 Å². The maximum absolute atomic E-state index is 13.8. The second-order valence-corrected chi connectivity index (χ2v) is 10.5. The Morgan fingerprint density at radius 3 is 2.30 bits per heavy atom. The van der Waals surface area contributed by atoms with Gasteiger partial charge in [0.1, 0.15) is 5.82 Å². The molecule has 0 fully saturated rings. The Hall–Kier alpha value is -3.48. The standard InChI is InChI=1S/C30H32ClN3O3/c1-20(33(18-19-37-5)28(35)21-10-12-22(13-11-21)30(2,3)4)27-32-26-9-7-6-8-25(26)29(36)34(27)24-16-14-23(31)15-17-24/h6-17,20H,18-19H2,1-5H3. The van der Waals surface area contributed by atoms with Crippen LogP contribution < -0.4 is 5.56 Å². The minimum atomic E-state index is -0.530. The predicted molar refractivity (Wildman–Crippen MR) is 149 cm³/mol. The fraction of sp³-hybridized carbons (Fsp3) is 0.300. The summed E-state index contributed by atoms with van der Waals surface area (Å²) in [6, 6.07) is 21.4. The summed E-state index contributed by atoms with van der Waals surface area (Å²) in [5, 5.41) is 1.07. The van der Waals surface area contributed by atoms with Crippen molar-refractivity contribution in [1.82, 2.24) is 14.5 Å². The first-order valence-corrected chi connectivity index (χ1v) is 12.7. The van der Waals surface area contributed by atoms with E-state index in [1.807, 2.05) is 49.4 Å². The second-order valence-electron chi connectivity index (χ2n) is 10.1. The average Bonchev–Trinajstić information content (AvgIpc) is 2.89. The molecule has 1 aromatic heterocycles. The molecule has 192 valence electrons. The van der Waals surface area contributed by atoms with Gasteiger partial charge in [0.2, 0.25) is 0 Å². The van der Waals surface area contributed by atoms with E-state index >= 15 is 0 Å². The smallest absolute Gasteiger partial charge is 0.266 e. The van der Waals surface area contributed by atoms with E-state index in [1.54, 1.807) is 46.9 Å². The van der Waals surface area contributed by atoms with Crippen LogP contribution in [0.3, 0.4) is 0 Å². The third-order valence-electron chi connectivity index (χ3n) is 6.52. The van der Waals surface area contributed by atoms with Crippen molar-refractivity contribution in [2.75, 3.05) is 20.3 Å². The third-order valence-corrected chi connectivity index (χ3v) is 6.77. The lowest BCUT2D eigenvalue weighted by Gasteiger charge is -2.30. The Bertz CT molecular complexity index is 1460. The number of hydrogen-bond donors (Lipinski definition) is 0. The summed E-state index contributed by atoms with van der Waals surface area (Å²) in [4.78, 5) is 34.1. The molecule has 0 aliphatic heterocycles. The van der Waals surface area contributed by atoms with Crippen molar-refractivity contribution in [2.45, 2.75) is 39.2 Å². The summed E-state index contributed by atoms with van der Waals surface area (Å²) in [5.74, 6) is 0.303. The number of rotatable bonds is 7. The van der Waals surface area contributed by atoms with E-state index in [0.29, 0.717) is 46.2 Å². The molecule has 0 spiro atoms. The lowest BCUT2D eigenvalue weighted by Crippen LogP contribution is -2.39. The normalized spacial score (nSPS) is 12.5. The molecule has 0 aliphatic rings. The second kappa shape index (κ2) is 10.9. The van der Waals surface area contributed by atoms with Crippen LogP contribution in [0.1, 0.15) is 55.5 Å². The molecule has 1 amide bonds. The third kappa shape index (κ3) is 5.60. The van der Waals surface area contributed by atoms with Gasteiger partial charge in [-0.25, -0.2) is 4.98 Å². The number of nitrogens with zero attached hydrogens (tertiary/aromatic N) is 3. The zero-order valence-electron chi connectivity index (χ0n) is 21.9. The Labute approximate surface area is 222 Å². The van der Waals surface area contributed by atoms with Crippen molar-refractivity contribution in [3.63, 3.8) is 0 Å². The highest BCUT2D eigenvalue weighted by Crippen LogP contribution is 2.27. The van der Waals surface area contributed by atoms with E-state index in [4.69, 9.17) is 21.3 Å². The number of hydrogen-bond acceptors (Lipinski definition) is 4. The van der Waals surface area contributed by atoms with E-state index in [1.165, 1.54) is 0 Å². The molecule has 0 saturated carbocycles. The van der Waals surface area contributed by atoms with Gasteiger partial charge in [-0.2, -0.15) is 0 Å². The van der Waals surface area contributed by atoms with Crippen LogP contribution in [0.5, 0.6) is 0 Å². The molecule has 3 aromatic carbocycles. The number of methoxy groups -OCH3 is 1. The molecule has 1 unspecified atom stereocenters. The topological polar surface area (TPSA) is 64.4 Å². The fourth-order valence-corrected chi connectivity index (χ4v) is 4.47. The maximum atomic E-state index is 13.8. The molecule has 0 bridgehead atoms. The van der Waals surface area contributed by atoms with Gasteiger partial charge in [-0.3, -0.25) is 14.2 Å². The molecular formula is C30H32ClN3O3. The first-order valence-electron chi connectivity index (χ1n) is 12.3. The van der Waals surface area contributed by atoms with Gasteiger partial charge in [-0.05, 0) is 66.4 Å². The number of amides is 1. The molecule has 0 aliphatic carbocycles. The van der Waals surface area contributed by atoms with Gasteiger partial charge < -0.3 is 9.64 Å². The van der Waals surface area contributed by atoms with Crippen LogP contribution in [0.2, 0.25) is 5.02 Å². The molecule has 0 radical (unpaired) electrons. The van der Waals surface area contributed by atoms with Gasteiger partial charge in [0, 0.05) is 24.2 Å². The fourth-order valence-electron chi connectivity index (χ4n) is 4.35. The van der Waals surface area contributed by atoms with Crippen molar-refractivity contribution in [3.05, 3.63) is 105 Å². The highest BCUT2D eigenvalue weighted by molar-refractivity contribution is 6.30. The molecule has 4 aromatic rings. The number of para-hydroxylation sites is 1. The Morgan fingerprint density at radius 1 is 1.03 bits per heavy atom. The zero-order chi connectivity index (χ0) is 26.7. The van der Waals surface area contributed by atoms with E-state index in [0.717, 1.165) is 5.56 Å². The van der Waals surface area contributed by atoms with Crippen molar-refractivity contribution in [2.24, 2.45) is 0 Å². The van der Waals surface area contributed by atoms with Crippen molar-refractivity contribution < 1.29 is 9.53 Å². The minimum absolute atomic E-state index is 0.0196. The summed E-state index contributed by atoms with van der Waals surface area (Å²) in [6.07, 6.45) is 0. The van der Waals surface area contributed by atoms with Crippen LogP contribution in [0, 0.1) is 0 Å². The molecule has 4 rings (SSSR count). The van der Waals surface area contributed by atoms with Crippen molar-refractivity contribution in [3.8, 4) is 5.69 Å². The van der Waals surface area contributed by atoms with E-state index in [-0.39, 0.29) is 16.9 Å². The molecule has 1 atom stereocenters. The zero-order valence-corrected chi connectivity index (χ0v) is 22.6. The summed E-state index contributed by atoms with van der Waals surface area (Å²) >= 11 is 6.12. The molecule has 37 heavy (non-hydrogen) atoms. The first-order chi connectivity index (χ1) is 17.6. The van der Waals surface area contributed by atoms with Crippen LogP contribution >= 0.6 is 11.6 Å². The van der Waals surface area contributed by atoms with Crippen LogP contribution in [-0.2, 0) is 10.2 Å². The molecule has 0 saturated heterocycles. The largest absolute Gasteiger partial charge is 0.383 e. The van der Waals surface area contributed by atoms with Gasteiger partial charge in [-0.1, -0.05) is 56.6 Å². The molecule has 0 N–H and O–H groups in total. The van der Waals surface area contributed by atoms with E-state index in [2.05, 4.69) is 20.8 Å². The lowest BCUT2D eigenvalue weighted by atomic mass is 9.86. The first kappa shape index (κ1) is 26.6. The maximum Gasteiger partial charge on any atom is 0.266 e. The van der Waals surface area contributed by atoms with Gasteiger partial charge in [0.05, 0.1) is 29.2 Å². The number of ether oxygens (including phenoxy) is 1. The van der Waals surface area contributed by atoms with Crippen LogP contribution in [-0.4, -0.2) is 40.6 Å². The highest BCUT2D eigenvalue weighted by atomic mass is 35.5. The van der Waals surface area contributed by atoms with Gasteiger partial charge in [-0.15, -0.1) is 0 Å². The monoisotopic (exact) mass is 517 g/mol. The number of halogens is 1. The van der Waals surface area contributed by atoms with Gasteiger partial charge in [0.15, 0.2) is 0 Å². The van der Waals surface area contributed by atoms with Crippen LogP contribution in [0.15, 0.2) is 77.6 Å². The van der Waals surface area contributed by atoms with Gasteiger partial charge in [0.25, 0.3) is 11.5 Å². The predicted octanol–water partition coefficient (Wildman–Crippen LogP) is 6.19. The quantitative estimate of drug-likeness (QED) is 0.293. The molecular weight excluding hydrogens is 486 g/mol.